The molecule has 5 rings (SSSR count). The van der Waals surface area contributed by atoms with Crippen molar-refractivity contribution < 1.29 is 28.6 Å². The molecule has 1 fully saturated rings. The van der Waals surface area contributed by atoms with Crippen LogP contribution in [0.3, 0.4) is 0 Å². The molecule has 2 aliphatic rings. The molecule has 42 heavy (non-hydrogen) atoms. The Kier molecular flexibility index (Phi) is 7.67. The van der Waals surface area contributed by atoms with E-state index in [-0.39, 0.29) is 38.2 Å². The Labute approximate surface area is 251 Å². The van der Waals surface area contributed by atoms with Gasteiger partial charge in [0.2, 0.25) is 11.8 Å². The topological polar surface area (TPSA) is 130 Å². The molecule has 12 heteroatoms. The molecule has 0 saturated carbocycles. The molecule has 2 amide bonds. The number of carboxylic acid groups (broad SMARTS) is 1. The van der Waals surface area contributed by atoms with Gasteiger partial charge in [0, 0.05) is 29.4 Å². The number of nitrogens with zero attached hydrogens (tertiary/aromatic N) is 1. The summed E-state index contributed by atoms with van der Waals surface area (Å²) in [7, 11) is 1.35. The van der Waals surface area contributed by atoms with Crippen molar-refractivity contribution in [2.45, 2.75) is 50.6 Å². The fourth-order valence-electron chi connectivity index (χ4n) is 6.17. The summed E-state index contributed by atoms with van der Waals surface area (Å²) in [6.07, 6.45) is 1.93. The van der Waals surface area contributed by atoms with E-state index >= 15 is 4.39 Å². The van der Waals surface area contributed by atoms with E-state index in [9.17, 15) is 19.5 Å². The number of aromatic carboxylic acids is 1. The Morgan fingerprint density at radius 1 is 1.19 bits per heavy atom. The molecular formula is C30H29Cl2FN4O5. The Hall–Kier alpha value is -3.73. The second kappa shape index (κ2) is 10.8. The van der Waals surface area contributed by atoms with Crippen LogP contribution in [-0.2, 0) is 15.0 Å². The molecule has 2 aliphatic heterocycles. The molecule has 3 heterocycles. The first-order valence-electron chi connectivity index (χ1n) is 13.2. The molecule has 4 N–H and O–H groups in total. The summed E-state index contributed by atoms with van der Waals surface area (Å²) in [5.41, 5.74) is -0.605. The van der Waals surface area contributed by atoms with Crippen LogP contribution in [0.2, 0.25) is 10.2 Å². The van der Waals surface area contributed by atoms with Crippen molar-refractivity contribution in [3.63, 3.8) is 0 Å². The van der Waals surface area contributed by atoms with E-state index in [2.05, 4.69) is 20.9 Å². The van der Waals surface area contributed by atoms with Crippen molar-refractivity contribution in [1.29, 1.82) is 0 Å². The van der Waals surface area contributed by atoms with Crippen LogP contribution in [0.15, 0.2) is 48.7 Å². The van der Waals surface area contributed by atoms with Gasteiger partial charge in [-0.25, -0.2) is 14.2 Å². The number of carboxylic acids is 1. The average molecular weight is 615 g/mol. The van der Waals surface area contributed by atoms with Gasteiger partial charge < -0.3 is 25.8 Å². The predicted molar refractivity (Wildman–Crippen MR) is 157 cm³/mol. The fourth-order valence-corrected chi connectivity index (χ4v) is 6.51. The van der Waals surface area contributed by atoms with Gasteiger partial charge in [0.15, 0.2) is 0 Å². The molecule has 0 aliphatic carbocycles. The van der Waals surface area contributed by atoms with Crippen LogP contribution in [0.4, 0.5) is 15.8 Å². The molecule has 4 atom stereocenters. The summed E-state index contributed by atoms with van der Waals surface area (Å²) in [5.74, 6) is -3.86. The van der Waals surface area contributed by atoms with Gasteiger partial charge in [-0.05, 0) is 47.7 Å². The van der Waals surface area contributed by atoms with E-state index in [0.717, 1.165) is 0 Å². The molecule has 2 aromatic carbocycles. The average Bonchev–Trinajstić information content (AvgIpc) is 3.39. The number of amides is 2. The van der Waals surface area contributed by atoms with Crippen LogP contribution in [0, 0.1) is 11.2 Å². The number of ether oxygens (including phenoxy) is 1. The highest BCUT2D eigenvalue weighted by atomic mass is 35.5. The molecule has 9 nitrogen and oxygen atoms in total. The van der Waals surface area contributed by atoms with Crippen molar-refractivity contribution in [2.24, 2.45) is 5.41 Å². The van der Waals surface area contributed by atoms with Gasteiger partial charge in [-0.1, -0.05) is 56.1 Å². The Bertz CT molecular complexity index is 1610. The van der Waals surface area contributed by atoms with E-state index < -0.39 is 47.0 Å². The first-order valence-corrected chi connectivity index (χ1v) is 13.9. The maximum atomic E-state index is 15.9. The number of hydrogen-bond acceptors (Lipinski definition) is 6. The summed E-state index contributed by atoms with van der Waals surface area (Å²) in [5, 5.41) is 18.5. The van der Waals surface area contributed by atoms with Crippen molar-refractivity contribution in [3.05, 3.63) is 81.3 Å². The van der Waals surface area contributed by atoms with Gasteiger partial charge in [0.1, 0.15) is 22.1 Å². The minimum absolute atomic E-state index is 0.0303. The summed E-state index contributed by atoms with van der Waals surface area (Å²) < 4.78 is 21.2. The van der Waals surface area contributed by atoms with E-state index in [1.807, 2.05) is 20.8 Å². The van der Waals surface area contributed by atoms with E-state index in [4.69, 9.17) is 27.9 Å². The number of carbonyl (C=O) groups is 3. The molecule has 1 saturated heterocycles. The third kappa shape index (κ3) is 4.97. The lowest BCUT2D eigenvalue weighted by atomic mass is 9.62. The van der Waals surface area contributed by atoms with Crippen molar-refractivity contribution in [3.8, 4) is 5.75 Å². The van der Waals surface area contributed by atoms with E-state index in [1.165, 1.54) is 49.7 Å². The van der Waals surface area contributed by atoms with Crippen LogP contribution in [0.25, 0.3) is 0 Å². The summed E-state index contributed by atoms with van der Waals surface area (Å²) in [6.45, 7) is 6.02. The van der Waals surface area contributed by atoms with Crippen LogP contribution in [0.1, 0.15) is 54.6 Å². The Morgan fingerprint density at radius 2 is 1.93 bits per heavy atom. The molecule has 3 aromatic rings. The van der Waals surface area contributed by atoms with Crippen molar-refractivity contribution >= 4 is 52.4 Å². The van der Waals surface area contributed by atoms with Crippen molar-refractivity contribution in [2.75, 3.05) is 17.7 Å². The largest absolute Gasteiger partial charge is 0.495 e. The molecule has 0 unspecified atom stereocenters. The lowest BCUT2D eigenvalue weighted by Gasteiger charge is -2.37. The van der Waals surface area contributed by atoms with E-state index in [1.54, 1.807) is 6.07 Å². The Balaban J connectivity index is 1.70. The number of anilines is 2. The minimum atomic E-state index is -1.47. The highest BCUT2D eigenvalue weighted by Gasteiger charge is 2.66. The van der Waals surface area contributed by atoms with Crippen LogP contribution in [0.5, 0.6) is 5.75 Å². The second-order valence-electron chi connectivity index (χ2n) is 11.7. The van der Waals surface area contributed by atoms with Crippen LogP contribution < -0.4 is 20.7 Å². The van der Waals surface area contributed by atoms with Crippen molar-refractivity contribution in [1.82, 2.24) is 10.3 Å². The first-order chi connectivity index (χ1) is 19.8. The third-order valence-corrected chi connectivity index (χ3v) is 8.31. The zero-order valence-corrected chi connectivity index (χ0v) is 24.7. The number of hydrogen-bond donors (Lipinski definition) is 4. The van der Waals surface area contributed by atoms with Crippen LogP contribution >= 0.6 is 23.2 Å². The number of nitrogens with one attached hydrogen (secondary N) is 3. The number of benzene rings is 2. The molecule has 220 valence electrons. The van der Waals surface area contributed by atoms with E-state index in [0.29, 0.717) is 17.7 Å². The number of methoxy groups -OCH3 is 1. The maximum absolute atomic E-state index is 15.9. The highest BCUT2D eigenvalue weighted by Crippen LogP contribution is 2.57. The number of pyridine rings is 1. The molecule has 1 spiro atoms. The molecule has 0 radical (unpaired) electrons. The molecular weight excluding hydrogens is 586 g/mol. The van der Waals surface area contributed by atoms with Crippen LogP contribution in [-0.4, -0.2) is 47.1 Å². The number of aromatic nitrogens is 1. The summed E-state index contributed by atoms with van der Waals surface area (Å²) >= 11 is 12.4. The molecule has 1 aromatic heterocycles. The summed E-state index contributed by atoms with van der Waals surface area (Å²) in [4.78, 5) is 44.0. The lowest BCUT2D eigenvalue weighted by molar-refractivity contribution is -0.122. The number of halogens is 3. The molecule has 0 bridgehead atoms. The van der Waals surface area contributed by atoms with Gasteiger partial charge in [0.05, 0.1) is 29.4 Å². The van der Waals surface area contributed by atoms with Gasteiger partial charge in [-0.15, -0.1) is 0 Å². The smallest absolute Gasteiger partial charge is 0.335 e. The second-order valence-corrected chi connectivity index (χ2v) is 12.5. The number of fused-ring (bicyclic) bond motifs is 2. The third-order valence-electron chi connectivity index (χ3n) is 7.82. The standard InChI is InChI=1S/C30H29Cl2FN4O5/c1-29(2,3)12-21-30(16-13-34-22(32)11-19(16)36-28(30)41)23(15-6-5-7-17(31)24(15)33)25(37-21)26(38)35-18-9-8-14(27(39)40)10-20(18)42-4/h5-11,13,21,23,25,37H,12H2,1-4H3,(H,35,38)(H,36,41)(H,39,40)/t21-,23-,25+,30+/m1/s1. The Morgan fingerprint density at radius 3 is 2.60 bits per heavy atom. The summed E-state index contributed by atoms with van der Waals surface area (Å²) in [6, 6.07) is 8.27. The van der Waals surface area contributed by atoms with Gasteiger partial charge in [-0.3, -0.25) is 9.59 Å². The number of carbonyl (C=O) groups excluding carboxylic acids is 2. The maximum Gasteiger partial charge on any atom is 0.335 e. The fraction of sp³-hybridized carbons (Fsp3) is 0.333. The first kappa shape index (κ1) is 29.8. The van der Waals surface area contributed by atoms with Gasteiger partial charge in [-0.2, -0.15) is 0 Å². The zero-order valence-electron chi connectivity index (χ0n) is 23.2. The SMILES string of the molecule is COc1cc(C(=O)O)ccc1NC(=O)[C@H]1N[C@H](CC(C)(C)C)[C@]2(C(=O)Nc3cc(Cl)ncc32)[C@@H]1c1cccc(Cl)c1F. The van der Waals surface area contributed by atoms with Gasteiger partial charge in [0.25, 0.3) is 0 Å². The highest BCUT2D eigenvalue weighted by molar-refractivity contribution is 6.31. The quantitative estimate of drug-likeness (QED) is 0.265. The zero-order chi connectivity index (χ0) is 30.6. The predicted octanol–water partition coefficient (Wildman–Crippen LogP) is 5.62. The minimum Gasteiger partial charge on any atom is -0.495 e. The normalized spacial score (nSPS) is 23.0. The monoisotopic (exact) mass is 614 g/mol. The number of rotatable bonds is 6. The lowest BCUT2D eigenvalue weighted by Crippen LogP contribution is -2.49. The van der Waals surface area contributed by atoms with Gasteiger partial charge >= 0.3 is 5.97 Å².